The number of methoxy groups -OCH3 is 1. The summed E-state index contributed by atoms with van der Waals surface area (Å²) in [5, 5.41) is 7.93. The maximum Gasteiger partial charge on any atom is 0.262 e. The van der Waals surface area contributed by atoms with Gasteiger partial charge in [-0.2, -0.15) is 5.10 Å². The van der Waals surface area contributed by atoms with E-state index in [9.17, 15) is 9.59 Å². The normalized spacial score (nSPS) is 10.9. The Labute approximate surface area is 182 Å². The molecule has 158 valence electrons. The number of rotatable bonds is 7. The Morgan fingerprint density at radius 3 is 2.87 bits per heavy atom. The number of nitrogens with one attached hydrogen (secondary N) is 2. The number of aromatic amines is 1. The molecule has 0 aliphatic heterocycles. The molecule has 0 unspecified atom stereocenters. The van der Waals surface area contributed by atoms with Crippen molar-refractivity contribution < 1.29 is 9.53 Å². The molecule has 4 rings (SSSR count). The second-order valence-corrected chi connectivity index (χ2v) is 7.85. The minimum atomic E-state index is -0.291. The number of nitrogens with zero attached hydrogens (tertiary/aromatic N) is 3. The summed E-state index contributed by atoms with van der Waals surface area (Å²) in [6.45, 7) is 2.34. The maximum absolute atomic E-state index is 12.5. The lowest BCUT2D eigenvalue weighted by Crippen LogP contribution is -2.25. The number of amides is 1. The number of carbonyl (C=O) groups excluding carboxylic acids is 1. The predicted octanol–water partition coefficient (Wildman–Crippen LogP) is 2.83. The smallest absolute Gasteiger partial charge is 0.262 e. The van der Waals surface area contributed by atoms with Gasteiger partial charge in [0.1, 0.15) is 11.1 Å². The molecule has 0 aliphatic rings. The number of H-pyrrole nitrogens is 1. The first-order valence-corrected chi connectivity index (χ1v) is 10.6. The van der Waals surface area contributed by atoms with Crippen LogP contribution >= 0.6 is 11.8 Å². The highest BCUT2D eigenvalue weighted by Gasteiger charge is 2.13. The van der Waals surface area contributed by atoms with Gasteiger partial charge in [0.05, 0.1) is 24.7 Å². The number of thioether (sulfide) groups is 1. The Hall–Kier alpha value is -3.59. The lowest BCUT2D eigenvalue weighted by molar-refractivity contribution is -0.118. The Balaban J connectivity index is 1.48. The van der Waals surface area contributed by atoms with Crippen LogP contribution in [-0.4, -0.2) is 38.5 Å². The number of benzene rings is 2. The molecule has 0 fully saturated rings. The second kappa shape index (κ2) is 9.05. The molecule has 0 spiro atoms. The van der Waals surface area contributed by atoms with Crippen molar-refractivity contribution in [2.75, 3.05) is 12.9 Å². The fraction of sp³-hybridized carbons (Fsp3) is 0.182. The van der Waals surface area contributed by atoms with Gasteiger partial charge in [-0.15, -0.1) is 0 Å². The average Bonchev–Trinajstić information content (AvgIpc) is 3.21. The average molecular weight is 436 g/mol. The maximum atomic E-state index is 12.5. The van der Waals surface area contributed by atoms with Crippen LogP contribution < -0.4 is 15.6 Å². The summed E-state index contributed by atoms with van der Waals surface area (Å²) >= 11 is 1.16. The first-order chi connectivity index (χ1) is 15.0. The van der Waals surface area contributed by atoms with Crippen LogP contribution in [0.2, 0.25) is 0 Å². The third-order valence-corrected chi connectivity index (χ3v) is 5.54. The molecule has 2 heterocycles. The highest BCUT2D eigenvalue weighted by Crippen LogP contribution is 2.19. The van der Waals surface area contributed by atoms with E-state index < -0.39 is 0 Å². The molecule has 2 aromatic heterocycles. The third kappa shape index (κ3) is 4.61. The lowest BCUT2D eigenvalue weighted by atomic mass is 10.2. The third-order valence-electron chi connectivity index (χ3n) is 4.67. The quantitative estimate of drug-likeness (QED) is 0.342. The monoisotopic (exact) mass is 435 g/mol. The topological polar surface area (TPSA) is 102 Å². The summed E-state index contributed by atoms with van der Waals surface area (Å²) in [5.41, 5.74) is 2.94. The predicted molar refractivity (Wildman–Crippen MR) is 120 cm³/mol. The zero-order chi connectivity index (χ0) is 21.8. The summed E-state index contributed by atoms with van der Waals surface area (Å²) < 4.78 is 6.92. The molecule has 9 heteroatoms. The van der Waals surface area contributed by atoms with Crippen molar-refractivity contribution in [1.82, 2.24) is 25.1 Å². The number of fused-ring (bicyclic) bond motifs is 1. The molecular formula is C22H21N5O3S. The molecule has 0 saturated carbocycles. The summed E-state index contributed by atoms with van der Waals surface area (Å²) in [7, 11) is 1.59. The molecule has 4 aromatic rings. The van der Waals surface area contributed by atoms with Gasteiger partial charge in [-0.1, -0.05) is 42.1 Å². The van der Waals surface area contributed by atoms with E-state index in [-0.39, 0.29) is 17.2 Å². The Morgan fingerprint density at radius 1 is 1.23 bits per heavy atom. The molecular weight excluding hydrogens is 414 g/mol. The van der Waals surface area contributed by atoms with Gasteiger partial charge in [-0.3, -0.25) is 9.59 Å². The van der Waals surface area contributed by atoms with Crippen LogP contribution in [0, 0.1) is 6.92 Å². The Kier molecular flexibility index (Phi) is 6.03. The van der Waals surface area contributed by atoms with Gasteiger partial charge in [0, 0.05) is 12.1 Å². The Bertz CT molecular complexity index is 1300. The molecule has 0 saturated heterocycles. The van der Waals surface area contributed by atoms with Crippen LogP contribution in [0.4, 0.5) is 0 Å². The summed E-state index contributed by atoms with van der Waals surface area (Å²) in [6, 6.07) is 15.3. The number of para-hydroxylation sites is 1. The van der Waals surface area contributed by atoms with Gasteiger partial charge in [0.25, 0.3) is 5.56 Å². The van der Waals surface area contributed by atoms with E-state index in [0.29, 0.717) is 22.7 Å². The molecule has 1 amide bonds. The zero-order valence-electron chi connectivity index (χ0n) is 17.1. The van der Waals surface area contributed by atoms with E-state index in [4.69, 9.17) is 4.74 Å². The van der Waals surface area contributed by atoms with E-state index in [0.717, 1.165) is 34.3 Å². The fourth-order valence-electron chi connectivity index (χ4n) is 3.14. The van der Waals surface area contributed by atoms with Crippen LogP contribution in [0.15, 0.2) is 64.7 Å². The molecule has 0 aliphatic carbocycles. The number of carbonyl (C=O) groups is 1. The van der Waals surface area contributed by atoms with Crippen molar-refractivity contribution in [2.45, 2.75) is 18.6 Å². The van der Waals surface area contributed by atoms with Crippen LogP contribution in [0.25, 0.3) is 16.7 Å². The van der Waals surface area contributed by atoms with Crippen molar-refractivity contribution in [1.29, 1.82) is 0 Å². The van der Waals surface area contributed by atoms with E-state index in [1.54, 1.807) is 11.8 Å². The summed E-state index contributed by atoms with van der Waals surface area (Å²) in [4.78, 5) is 32.0. The van der Waals surface area contributed by atoms with Crippen molar-refractivity contribution in [3.8, 4) is 11.4 Å². The van der Waals surface area contributed by atoms with Gasteiger partial charge in [0.2, 0.25) is 5.91 Å². The molecule has 2 N–H and O–H groups in total. The lowest BCUT2D eigenvalue weighted by Gasteiger charge is -2.09. The fourth-order valence-corrected chi connectivity index (χ4v) is 3.83. The number of hydrogen-bond donors (Lipinski definition) is 2. The van der Waals surface area contributed by atoms with Gasteiger partial charge in [-0.25, -0.2) is 9.67 Å². The first-order valence-electron chi connectivity index (χ1n) is 9.61. The van der Waals surface area contributed by atoms with Crippen molar-refractivity contribution in [3.05, 3.63) is 76.2 Å². The molecule has 0 radical (unpaired) electrons. The first kappa shape index (κ1) is 20.7. The number of hydrogen-bond acceptors (Lipinski definition) is 6. The van der Waals surface area contributed by atoms with E-state index in [1.807, 2.05) is 55.5 Å². The van der Waals surface area contributed by atoms with Gasteiger partial charge in [-0.05, 0) is 30.7 Å². The van der Waals surface area contributed by atoms with Crippen molar-refractivity contribution in [3.63, 3.8) is 0 Å². The number of aromatic nitrogens is 4. The van der Waals surface area contributed by atoms with Crippen LogP contribution in [-0.2, 0) is 11.3 Å². The van der Waals surface area contributed by atoms with E-state index >= 15 is 0 Å². The van der Waals surface area contributed by atoms with E-state index in [1.165, 1.54) is 6.20 Å². The molecule has 0 bridgehead atoms. The second-order valence-electron chi connectivity index (χ2n) is 6.88. The SMILES string of the molecule is COc1ccccc1CNC(=O)CSc1nc2c(cnn2-c2cccc(C)c2)c(=O)[nH]1. The minimum Gasteiger partial charge on any atom is -0.496 e. The number of ether oxygens (including phenoxy) is 1. The van der Waals surface area contributed by atoms with Gasteiger partial charge < -0.3 is 15.0 Å². The van der Waals surface area contributed by atoms with Crippen LogP contribution in [0.5, 0.6) is 5.75 Å². The molecule has 31 heavy (non-hydrogen) atoms. The highest BCUT2D eigenvalue weighted by atomic mass is 32.2. The minimum absolute atomic E-state index is 0.113. The largest absolute Gasteiger partial charge is 0.496 e. The van der Waals surface area contributed by atoms with E-state index in [2.05, 4.69) is 20.4 Å². The molecule has 0 atom stereocenters. The Morgan fingerprint density at radius 2 is 2.06 bits per heavy atom. The summed E-state index contributed by atoms with van der Waals surface area (Å²) in [6.07, 6.45) is 1.50. The van der Waals surface area contributed by atoms with Gasteiger partial charge >= 0.3 is 0 Å². The van der Waals surface area contributed by atoms with Crippen LogP contribution in [0.1, 0.15) is 11.1 Å². The van der Waals surface area contributed by atoms with Crippen LogP contribution in [0.3, 0.4) is 0 Å². The number of aryl methyl sites for hydroxylation is 1. The van der Waals surface area contributed by atoms with Crippen molar-refractivity contribution in [2.24, 2.45) is 0 Å². The molecule has 2 aromatic carbocycles. The molecule has 8 nitrogen and oxygen atoms in total. The zero-order valence-corrected chi connectivity index (χ0v) is 17.9. The standard InChI is InChI=1S/C22H21N5O3S/c1-14-6-5-8-16(10-14)27-20-17(12-24-27)21(29)26-22(25-20)31-13-19(28)23-11-15-7-3-4-9-18(15)30-2/h3-10,12H,11,13H2,1-2H3,(H,23,28)(H,25,26,29). The summed E-state index contributed by atoms with van der Waals surface area (Å²) in [5.74, 6) is 0.657. The van der Waals surface area contributed by atoms with Gasteiger partial charge in [0.15, 0.2) is 10.8 Å². The van der Waals surface area contributed by atoms with Crippen molar-refractivity contribution >= 4 is 28.7 Å². The highest BCUT2D eigenvalue weighted by molar-refractivity contribution is 7.99.